The number of rotatable bonds is 5. The van der Waals surface area contributed by atoms with Crippen molar-refractivity contribution < 1.29 is 23.1 Å². The lowest BCUT2D eigenvalue weighted by molar-refractivity contribution is -0.263. The molecule has 1 aliphatic rings. The molecule has 0 spiro atoms. The second-order valence-electron chi connectivity index (χ2n) is 5.22. The largest absolute Gasteiger partial charge is 0.417 e. The highest BCUT2D eigenvalue weighted by molar-refractivity contribution is 5.77. The Hall–Kier alpha value is -0.620. The van der Waals surface area contributed by atoms with Gasteiger partial charge in [0.2, 0.25) is 0 Å². The number of hydrogen-bond donors (Lipinski definition) is 1. The summed E-state index contributed by atoms with van der Waals surface area (Å²) in [4.78, 5) is 13.1. The number of hydrogen-bond acceptors (Lipinski definition) is 3. The molecule has 19 heavy (non-hydrogen) atoms. The van der Waals surface area contributed by atoms with Crippen molar-refractivity contribution >= 4 is 5.78 Å². The number of likely N-dealkylation sites (tertiary alicyclic amines) is 1. The number of ketones is 1. The molecular weight excluding hydrogens is 259 g/mol. The van der Waals surface area contributed by atoms with Crippen LogP contribution in [-0.4, -0.2) is 47.2 Å². The van der Waals surface area contributed by atoms with Gasteiger partial charge in [0, 0.05) is 19.4 Å². The maximum atomic E-state index is 12.7. The Morgan fingerprint density at radius 3 is 2.58 bits per heavy atom. The minimum absolute atomic E-state index is 0.182. The molecule has 0 radical (unpaired) electrons. The SMILES string of the molecule is CCC(=O)CCCN1CCCC(O)(C(F)(F)F)CC1. The molecule has 3 nitrogen and oxygen atoms in total. The van der Waals surface area contributed by atoms with Gasteiger partial charge in [0.05, 0.1) is 0 Å². The number of carbonyl (C=O) groups excluding carboxylic acids is 1. The Balaban J connectivity index is 2.40. The van der Waals surface area contributed by atoms with Crippen molar-refractivity contribution in [2.24, 2.45) is 0 Å². The highest BCUT2D eigenvalue weighted by Gasteiger charge is 2.53. The molecule has 1 saturated heterocycles. The van der Waals surface area contributed by atoms with Crippen LogP contribution < -0.4 is 0 Å². The van der Waals surface area contributed by atoms with Gasteiger partial charge in [-0.3, -0.25) is 4.79 Å². The van der Waals surface area contributed by atoms with E-state index in [0.29, 0.717) is 38.8 Å². The van der Waals surface area contributed by atoms with E-state index >= 15 is 0 Å². The third kappa shape index (κ3) is 4.76. The summed E-state index contributed by atoms with van der Waals surface area (Å²) in [5, 5.41) is 9.65. The van der Waals surface area contributed by atoms with Crippen molar-refractivity contribution in [2.45, 2.75) is 57.2 Å². The fourth-order valence-corrected chi connectivity index (χ4v) is 2.36. The van der Waals surface area contributed by atoms with Gasteiger partial charge in [-0.25, -0.2) is 0 Å². The van der Waals surface area contributed by atoms with Gasteiger partial charge in [-0.05, 0) is 38.8 Å². The quantitative estimate of drug-likeness (QED) is 0.842. The van der Waals surface area contributed by atoms with Gasteiger partial charge in [0.15, 0.2) is 5.60 Å². The molecule has 6 heteroatoms. The van der Waals surface area contributed by atoms with Gasteiger partial charge in [-0.15, -0.1) is 0 Å². The van der Waals surface area contributed by atoms with E-state index in [1.54, 1.807) is 6.92 Å². The zero-order valence-corrected chi connectivity index (χ0v) is 11.3. The fourth-order valence-electron chi connectivity index (χ4n) is 2.36. The highest BCUT2D eigenvalue weighted by Crippen LogP contribution is 2.38. The summed E-state index contributed by atoms with van der Waals surface area (Å²) in [6.45, 7) is 3.21. The van der Waals surface area contributed by atoms with E-state index in [1.807, 2.05) is 4.90 Å². The number of Topliss-reactive ketones (excluding diaryl/α,β-unsaturated/α-hetero) is 1. The van der Waals surface area contributed by atoms with Gasteiger partial charge in [-0.1, -0.05) is 6.92 Å². The normalized spacial score (nSPS) is 26.2. The van der Waals surface area contributed by atoms with E-state index in [4.69, 9.17) is 0 Å². The van der Waals surface area contributed by atoms with Crippen LogP contribution in [0.1, 0.15) is 45.4 Å². The summed E-state index contributed by atoms with van der Waals surface area (Å²) in [5.74, 6) is 0.182. The first-order valence-corrected chi connectivity index (χ1v) is 6.81. The Morgan fingerprint density at radius 1 is 1.32 bits per heavy atom. The van der Waals surface area contributed by atoms with Crippen molar-refractivity contribution in [3.63, 3.8) is 0 Å². The highest BCUT2D eigenvalue weighted by atomic mass is 19.4. The molecule has 1 unspecified atom stereocenters. The van der Waals surface area contributed by atoms with E-state index in [9.17, 15) is 23.1 Å². The van der Waals surface area contributed by atoms with E-state index in [-0.39, 0.29) is 25.2 Å². The average molecular weight is 281 g/mol. The van der Waals surface area contributed by atoms with Crippen LogP contribution in [0.5, 0.6) is 0 Å². The zero-order valence-electron chi connectivity index (χ0n) is 11.3. The fraction of sp³-hybridized carbons (Fsp3) is 0.923. The van der Waals surface area contributed by atoms with Crippen molar-refractivity contribution in [1.82, 2.24) is 4.90 Å². The Labute approximate surface area is 111 Å². The molecule has 1 aliphatic heterocycles. The molecule has 0 aromatic heterocycles. The van der Waals surface area contributed by atoms with Gasteiger partial charge >= 0.3 is 6.18 Å². The molecule has 0 saturated carbocycles. The first-order chi connectivity index (χ1) is 8.78. The van der Waals surface area contributed by atoms with Crippen molar-refractivity contribution in [3.8, 4) is 0 Å². The maximum absolute atomic E-state index is 12.7. The van der Waals surface area contributed by atoms with E-state index in [1.165, 1.54) is 0 Å². The first-order valence-electron chi connectivity index (χ1n) is 6.81. The molecule has 0 aromatic rings. The minimum Gasteiger partial charge on any atom is -0.380 e. The summed E-state index contributed by atoms with van der Waals surface area (Å²) in [5.41, 5.74) is -2.54. The molecule has 1 fully saturated rings. The molecule has 1 heterocycles. The van der Waals surface area contributed by atoms with Crippen LogP contribution >= 0.6 is 0 Å². The van der Waals surface area contributed by atoms with Crippen LogP contribution in [0.3, 0.4) is 0 Å². The summed E-state index contributed by atoms with van der Waals surface area (Å²) >= 11 is 0. The molecule has 0 aliphatic carbocycles. The third-order valence-corrected chi connectivity index (χ3v) is 3.76. The van der Waals surface area contributed by atoms with Crippen molar-refractivity contribution in [2.75, 3.05) is 19.6 Å². The topological polar surface area (TPSA) is 40.5 Å². The lowest BCUT2D eigenvalue weighted by Crippen LogP contribution is -2.45. The molecule has 0 aromatic carbocycles. The van der Waals surface area contributed by atoms with E-state index in [0.717, 1.165) is 0 Å². The second-order valence-corrected chi connectivity index (χ2v) is 5.22. The molecule has 1 atom stereocenters. The number of carbonyl (C=O) groups is 1. The molecular formula is C13H22F3NO2. The number of alkyl halides is 3. The summed E-state index contributed by atoms with van der Waals surface area (Å²) in [7, 11) is 0. The average Bonchev–Trinajstić information content (AvgIpc) is 2.52. The van der Waals surface area contributed by atoms with Crippen LogP contribution in [0.15, 0.2) is 0 Å². The maximum Gasteiger partial charge on any atom is 0.417 e. The number of aliphatic hydroxyl groups is 1. The van der Waals surface area contributed by atoms with Gasteiger partial charge in [-0.2, -0.15) is 13.2 Å². The number of nitrogens with zero attached hydrogens (tertiary/aromatic N) is 1. The second kappa shape index (κ2) is 6.70. The van der Waals surface area contributed by atoms with Crippen LogP contribution in [0.25, 0.3) is 0 Å². The van der Waals surface area contributed by atoms with Gasteiger partial charge in [0.1, 0.15) is 5.78 Å². The summed E-state index contributed by atoms with van der Waals surface area (Å²) in [6.07, 6.45) is -3.07. The molecule has 0 amide bonds. The van der Waals surface area contributed by atoms with E-state index < -0.39 is 11.8 Å². The Bertz CT molecular complexity index is 307. The lowest BCUT2D eigenvalue weighted by atomic mass is 9.94. The van der Waals surface area contributed by atoms with Crippen LogP contribution in [0, 0.1) is 0 Å². The van der Waals surface area contributed by atoms with Crippen molar-refractivity contribution in [3.05, 3.63) is 0 Å². The first kappa shape index (κ1) is 16.4. The van der Waals surface area contributed by atoms with Crippen LogP contribution in [-0.2, 0) is 4.79 Å². The van der Waals surface area contributed by atoms with Crippen LogP contribution in [0.2, 0.25) is 0 Å². The number of halogens is 3. The Kier molecular flexibility index (Phi) is 5.80. The molecule has 112 valence electrons. The lowest BCUT2D eigenvalue weighted by Gasteiger charge is -2.29. The predicted molar refractivity (Wildman–Crippen MR) is 65.8 cm³/mol. The third-order valence-electron chi connectivity index (χ3n) is 3.76. The monoisotopic (exact) mass is 281 g/mol. The molecule has 0 bridgehead atoms. The van der Waals surface area contributed by atoms with E-state index in [2.05, 4.69) is 0 Å². The summed E-state index contributed by atoms with van der Waals surface area (Å²) < 4.78 is 38.2. The predicted octanol–water partition coefficient (Wildman–Crippen LogP) is 2.53. The molecule has 1 N–H and O–H groups in total. The van der Waals surface area contributed by atoms with Crippen LogP contribution in [0.4, 0.5) is 13.2 Å². The standard InChI is InChI=1S/C13H22F3NO2/c1-2-11(18)5-3-8-17-9-4-6-12(19,7-10-17)13(14,15)16/h19H,2-10H2,1H3. The molecule has 1 rings (SSSR count). The zero-order chi connectivity index (χ0) is 14.5. The van der Waals surface area contributed by atoms with Crippen molar-refractivity contribution in [1.29, 1.82) is 0 Å². The van der Waals surface area contributed by atoms with Gasteiger partial charge in [0.25, 0.3) is 0 Å². The smallest absolute Gasteiger partial charge is 0.380 e. The summed E-state index contributed by atoms with van der Waals surface area (Å²) in [6, 6.07) is 0. The minimum atomic E-state index is -4.55. The Morgan fingerprint density at radius 2 is 2.00 bits per heavy atom. The van der Waals surface area contributed by atoms with Gasteiger partial charge < -0.3 is 10.0 Å².